The van der Waals surface area contributed by atoms with Crippen LogP contribution in [0.3, 0.4) is 0 Å². The van der Waals surface area contributed by atoms with Crippen LogP contribution in [-0.2, 0) is 27.2 Å². The number of amides is 1. The quantitative estimate of drug-likeness (QED) is 0.592. The molecule has 1 aliphatic carbocycles. The third-order valence-electron chi connectivity index (χ3n) is 6.29. The fourth-order valence-electron chi connectivity index (χ4n) is 4.74. The first-order chi connectivity index (χ1) is 15.2. The normalized spacial score (nSPS) is 16.8. The molecule has 5 rings (SSSR count). The predicted molar refractivity (Wildman–Crippen MR) is 117 cm³/mol. The Morgan fingerprint density at radius 1 is 0.871 bits per heavy atom. The van der Waals surface area contributed by atoms with Gasteiger partial charge < -0.3 is 9.47 Å². The number of rotatable bonds is 3. The molecular formula is C26H23NO4. The van der Waals surface area contributed by atoms with Crippen LogP contribution in [0.25, 0.3) is 11.1 Å². The van der Waals surface area contributed by atoms with E-state index in [-0.39, 0.29) is 12.5 Å². The minimum Gasteiger partial charge on any atom is -0.467 e. The van der Waals surface area contributed by atoms with Crippen LogP contribution in [-0.4, -0.2) is 36.7 Å². The molecule has 0 bridgehead atoms. The molecule has 0 spiro atoms. The minimum atomic E-state index is -0.685. The van der Waals surface area contributed by atoms with Gasteiger partial charge in [-0.2, -0.15) is 0 Å². The Morgan fingerprint density at radius 2 is 1.45 bits per heavy atom. The highest BCUT2D eigenvalue weighted by Gasteiger charge is 2.37. The van der Waals surface area contributed by atoms with Crippen molar-refractivity contribution >= 4 is 12.1 Å². The summed E-state index contributed by atoms with van der Waals surface area (Å²) in [7, 11) is 1.35. The molecule has 1 aliphatic heterocycles. The highest BCUT2D eigenvalue weighted by atomic mass is 16.6. The lowest BCUT2D eigenvalue weighted by atomic mass is 9.94. The fourth-order valence-corrected chi connectivity index (χ4v) is 4.74. The second-order valence-corrected chi connectivity index (χ2v) is 7.94. The minimum absolute atomic E-state index is 0.0231. The molecule has 1 amide bonds. The molecule has 1 unspecified atom stereocenters. The molecule has 0 fully saturated rings. The van der Waals surface area contributed by atoms with E-state index in [4.69, 9.17) is 9.47 Å². The molecule has 156 valence electrons. The van der Waals surface area contributed by atoms with Crippen molar-refractivity contribution in [2.45, 2.75) is 24.9 Å². The van der Waals surface area contributed by atoms with E-state index in [1.54, 1.807) is 0 Å². The highest BCUT2D eigenvalue weighted by molar-refractivity contribution is 5.83. The summed E-state index contributed by atoms with van der Waals surface area (Å²) in [5, 5.41) is 0. The maximum Gasteiger partial charge on any atom is 0.410 e. The summed E-state index contributed by atoms with van der Waals surface area (Å²) in [6.45, 7) is 0.547. The fraction of sp³-hybridized carbons (Fsp3) is 0.231. The number of carbonyl (C=O) groups excluding carboxylic acids is 2. The van der Waals surface area contributed by atoms with Crippen LogP contribution in [0.5, 0.6) is 0 Å². The van der Waals surface area contributed by atoms with Crippen molar-refractivity contribution in [3.8, 4) is 11.1 Å². The number of carbonyl (C=O) groups is 2. The van der Waals surface area contributed by atoms with Gasteiger partial charge >= 0.3 is 12.1 Å². The maximum absolute atomic E-state index is 13.1. The van der Waals surface area contributed by atoms with Gasteiger partial charge in [-0.3, -0.25) is 4.90 Å². The van der Waals surface area contributed by atoms with Crippen molar-refractivity contribution in [3.05, 3.63) is 95.1 Å². The molecular weight excluding hydrogens is 390 g/mol. The lowest BCUT2D eigenvalue weighted by molar-refractivity contribution is -0.147. The van der Waals surface area contributed by atoms with Crippen LogP contribution in [0, 0.1) is 0 Å². The molecule has 0 saturated heterocycles. The zero-order valence-electron chi connectivity index (χ0n) is 17.3. The third kappa shape index (κ3) is 3.36. The molecule has 0 aromatic heterocycles. The average molecular weight is 413 g/mol. The van der Waals surface area contributed by atoms with E-state index in [9.17, 15) is 9.59 Å². The van der Waals surface area contributed by atoms with E-state index in [0.717, 1.165) is 22.3 Å². The summed E-state index contributed by atoms with van der Waals surface area (Å²) < 4.78 is 10.8. The third-order valence-corrected chi connectivity index (χ3v) is 6.29. The summed E-state index contributed by atoms with van der Waals surface area (Å²) in [6.07, 6.45) is -0.0701. The van der Waals surface area contributed by atoms with Crippen LogP contribution >= 0.6 is 0 Å². The number of hydrogen-bond donors (Lipinski definition) is 0. The lowest BCUT2D eigenvalue weighted by Crippen LogP contribution is -2.49. The van der Waals surface area contributed by atoms with Gasteiger partial charge in [-0.05, 0) is 33.4 Å². The van der Waals surface area contributed by atoms with Crippen LogP contribution in [0.4, 0.5) is 4.79 Å². The SMILES string of the molecule is COC(=O)C1Cc2ccccc2CN1C(=O)OCC1c2ccccc2-c2ccccc21. The van der Waals surface area contributed by atoms with Gasteiger partial charge in [-0.15, -0.1) is 0 Å². The van der Waals surface area contributed by atoms with Crippen molar-refractivity contribution in [1.82, 2.24) is 4.90 Å². The van der Waals surface area contributed by atoms with E-state index in [1.807, 2.05) is 48.5 Å². The molecule has 0 radical (unpaired) electrons. The Balaban J connectivity index is 1.38. The van der Waals surface area contributed by atoms with Gasteiger partial charge in [0.1, 0.15) is 12.6 Å². The first-order valence-electron chi connectivity index (χ1n) is 10.4. The average Bonchev–Trinajstić information content (AvgIpc) is 3.15. The Morgan fingerprint density at radius 3 is 2.10 bits per heavy atom. The van der Waals surface area contributed by atoms with Gasteiger partial charge in [-0.1, -0.05) is 72.8 Å². The summed E-state index contributed by atoms with van der Waals surface area (Å²) in [4.78, 5) is 27.0. The number of nitrogens with zero attached hydrogens (tertiary/aromatic N) is 1. The first-order valence-corrected chi connectivity index (χ1v) is 10.4. The Kier molecular flexibility index (Phi) is 4.94. The highest BCUT2D eigenvalue weighted by Crippen LogP contribution is 2.44. The largest absolute Gasteiger partial charge is 0.467 e. The Labute approximate surface area is 181 Å². The zero-order valence-corrected chi connectivity index (χ0v) is 17.3. The number of fused-ring (bicyclic) bond motifs is 4. The van der Waals surface area contributed by atoms with Gasteiger partial charge in [-0.25, -0.2) is 9.59 Å². The first kappa shape index (κ1) is 19.4. The van der Waals surface area contributed by atoms with E-state index >= 15 is 0 Å². The van der Waals surface area contributed by atoms with E-state index in [2.05, 4.69) is 24.3 Å². The number of benzene rings is 3. The summed E-state index contributed by atoms with van der Waals surface area (Å²) in [5.41, 5.74) is 6.75. The molecule has 0 N–H and O–H groups in total. The molecule has 5 heteroatoms. The number of hydrogen-bond acceptors (Lipinski definition) is 4. The Hall–Kier alpha value is -3.60. The van der Waals surface area contributed by atoms with Crippen LogP contribution in [0.15, 0.2) is 72.8 Å². The standard InChI is InChI=1S/C26H23NO4/c1-30-25(28)24-14-17-8-2-3-9-18(17)15-27(24)26(29)31-16-23-21-12-6-4-10-19(21)20-11-5-7-13-22(20)23/h2-13,23-24H,14-16H2,1H3. The molecule has 0 saturated carbocycles. The van der Waals surface area contributed by atoms with Crippen LogP contribution in [0.2, 0.25) is 0 Å². The molecule has 31 heavy (non-hydrogen) atoms. The molecule has 1 heterocycles. The number of methoxy groups -OCH3 is 1. The van der Waals surface area contributed by atoms with Crippen molar-refractivity contribution in [2.24, 2.45) is 0 Å². The van der Waals surface area contributed by atoms with E-state index in [0.29, 0.717) is 13.0 Å². The molecule has 3 aromatic rings. The Bertz CT molecular complexity index is 1110. The van der Waals surface area contributed by atoms with Crippen LogP contribution < -0.4 is 0 Å². The van der Waals surface area contributed by atoms with Gasteiger partial charge in [0.2, 0.25) is 0 Å². The molecule has 5 nitrogen and oxygen atoms in total. The summed E-state index contributed by atoms with van der Waals surface area (Å²) in [5.74, 6) is -0.451. The summed E-state index contributed by atoms with van der Waals surface area (Å²) in [6, 6.07) is 23.6. The van der Waals surface area contributed by atoms with E-state index < -0.39 is 18.1 Å². The maximum atomic E-state index is 13.1. The van der Waals surface area contributed by atoms with Crippen LogP contribution in [0.1, 0.15) is 28.2 Å². The molecule has 1 atom stereocenters. The van der Waals surface area contributed by atoms with Crippen molar-refractivity contribution in [3.63, 3.8) is 0 Å². The van der Waals surface area contributed by atoms with Crippen molar-refractivity contribution < 1.29 is 19.1 Å². The van der Waals surface area contributed by atoms with Gasteiger partial charge in [0.05, 0.1) is 13.7 Å². The molecule has 3 aromatic carbocycles. The van der Waals surface area contributed by atoms with Crippen molar-refractivity contribution in [2.75, 3.05) is 13.7 Å². The smallest absolute Gasteiger partial charge is 0.410 e. The monoisotopic (exact) mass is 413 g/mol. The number of ether oxygens (including phenoxy) is 2. The lowest BCUT2D eigenvalue weighted by Gasteiger charge is -2.34. The van der Waals surface area contributed by atoms with Gasteiger partial charge in [0, 0.05) is 12.3 Å². The van der Waals surface area contributed by atoms with Gasteiger partial charge in [0.15, 0.2) is 0 Å². The second-order valence-electron chi connectivity index (χ2n) is 7.94. The predicted octanol–water partition coefficient (Wildman–Crippen LogP) is 4.54. The zero-order chi connectivity index (χ0) is 21.4. The number of esters is 1. The van der Waals surface area contributed by atoms with Crippen molar-refractivity contribution in [1.29, 1.82) is 0 Å². The topological polar surface area (TPSA) is 55.8 Å². The summed E-state index contributed by atoms with van der Waals surface area (Å²) >= 11 is 0. The molecule has 2 aliphatic rings. The second kappa shape index (κ2) is 7.91. The van der Waals surface area contributed by atoms with Gasteiger partial charge in [0.25, 0.3) is 0 Å². The van der Waals surface area contributed by atoms with E-state index in [1.165, 1.54) is 23.1 Å².